The first-order chi connectivity index (χ1) is 26.2. The molecule has 3 aromatic rings. The van der Waals surface area contributed by atoms with Crippen molar-refractivity contribution in [2.75, 3.05) is 52.1 Å². The third-order valence-corrected chi connectivity index (χ3v) is 9.80. The number of hydrogen-bond acceptors (Lipinski definition) is 9. The van der Waals surface area contributed by atoms with Gasteiger partial charge in [0.2, 0.25) is 5.91 Å². The van der Waals surface area contributed by atoms with Crippen LogP contribution in [0.2, 0.25) is 0 Å². The van der Waals surface area contributed by atoms with Crippen LogP contribution in [0.5, 0.6) is 0 Å². The molecule has 2 bridgehead atoms. The van der Waals surface area contributed by atoms with Gasteiger partial charge in [0.15, 0.2) is 0 Å². The molecule has 13 nitrogen and oxygen atoms in total. The molecule has 0 unspecified atom stereocenters. The Labute approximate surface area is 327 Å². The number of aromatic nitrogens is 2. The predicted molar refractivity (Wildman–Crippen MR) is 211 cm³/mol. The summed E-state index contributed by atoms with van der Waals surface area (Å²) in [5, 5.41) is 10.8. The van der Waals surface area contributed by atoms with Crippen LogP contribution in [0.3, 0.4) is 0 Å². The van der Waals surface area contributed by atoms with Gasteiger partial charge in [0, 0.05) is 44.5 Å². The molecule has 4 amide bonds. The van der Waals surface area contributed by atoms with E-state index in [1.807, 2.05) is 12.5 Å². The Hall–Kier alpha value is -5.50. The van der Waals surface area contributed by atoms with Gasteiger partial charge in [-0.2, -0.15) is 24.1 Å². The van der Waals surface area contributed by atoms with Crippen LogP contribution < -0.4 is 10.9 Å². The first-order valence-corrected chi connectivity index (χ1v) is 19.6. The average Bonchev–Trinajstić information content (AvgIpc) is 3.17. The molecule has 2 N–H and O–H groups in total. The summed E-state index contributed by atoms with van der Waals surface area (Å²) in [5.41, 5.74) is -0.893. The van der Waals surface area contributed by atoms with Gasteiger partial charge in [0.1, 0.15) is 11.4 Å². The number of benzene rings is 2. The molecule has 0 atom stereocenters. The number of piperazine rings is 1. The zero-order valence-corrected chi connectivity index (χ0v) is 36.3. The van der Waals surface area contributed by atoms with E-state index in [4.69, 9.17) is 9.47 Å². The molecule has 0 spiro atoms. The Morgan fingerprint density at radius 3 is 2.20 bits per heavy atom. The van der Waals surface area contributed by atoms with E-state index in [2.05, 4.69) is 42.0 Å². The number of nitrogens with zero attached hydrogens (tertiary/aromatic N) is 4. The van der Waals surface area contributed by atoms with Crippen molar-refractivity contribution < 1.29 is 33.0 Å². The first kappa shape index (κ1) is 44.9. The smallest absolute Gasteiger partial charge is 0.408 e. The van der Waals surface area contributed by atoms with Crippen molar-refractivity contribution in [2.45, 2.75) is 89.9 Å². The molecule has 16 heteroatoms. The van der Waals surface area contributed by atoms with Crippen LogP contribution in [0.1, 0.15) is 88.3 Å². The molecule has 4 heterocycles. The molecule has 0 radical (unpaired) electrons. The number of halogens is 1. The standard InChI is InChI=1S/C36H42FN6O7.C3H8.CH4S.Fm/c1-34(2,3)50-33(48)38-35-10-12-36(13-11-35,49-22-35)21-41(23-44)20-30(45)42-14-16-43(17-15-42)32(47)27-18-24(8-9-28(27)37)19-29-25-6-4-5-7-26(25)31(46)40-39-29;1-3-2;1-2;/h4-9,18H,10-17,19-22H2,1-3H3,(H,38,48)(H,40,46);3H2,1-2H3;2H,1H3;/q-1;;;. The number of amides is 4. The molecule has 2 aromatic carbocycles. The minimum atomic E-state index is -0.654. The number of alkyl carbamates (subject to hydrolysis) is 1. The largest absolute Gasteiger partial charge is 0.520 e. The van der Waals surface area contributed by atoms with E-state index in [0.717, 1.165) is 0 Å². The number of aromatic amines is 1. The number of H-pyrrole nitrogens is 1. The molecule has 56 heavy (non-hydrogen) atoms. The SMILES string of the molecule is CC(C)(C)OC(=O)NC12CCC(CN([C-]=O)CC(=O)N3CCN(C(=O)c4cc(Cc5n[nH]c(=O)c6ccccc56)ccc4F)CC3)(CC1)OC2.CCC.CS.[Fm]. The number of rotatable bonds is 9. The Kier molecular flexibility index (Phi) is 15.5. The van der Waals surface area contributed by atoms with Crippen molar-refractivity contribution in [3.8, 4) is 0 Å². The van der Waals surface area contributed by atoms with Gasteiger partial charge in [0.25, 0.3) is 11.5 Å². The number of thiol groups is 1. The van der Waals surface area contributed by atoms with E-state index in [-0.39, 0.29) is 69.3 Å². The summed E-state index contributed by atoms with van der Waals surface area (Å²) in [6.45, 7) is 10.8. The van der Waals surface area contributed by atoms with Crippen molar-refractivity contribution in [3.63, 3.8) is 0 Å². The number of fused-ring (bicyclic) bond motifs is 4. The van der Waals surface area contributed by atoms with Gasteiger partial charge >= 0.3 is 6.09 Å². The molecule has 7 rings (SSSR count). The number of carbonyl (C=O) groups excluding carboxylic acids is 4. The Balaban J connectivity index is 0.00000134. The van der Waals surface area contributed by atoms with Crippen LogP contribution in [0.15, 0.2) is 47.3 Å². The third-order valence-electron chi connectivity index (χ3n) is 9.80. The minimum absolute atomic E-state index is 0. The van der Waals surface area contributed by atoms with E-state index in [0.29, 0.717) is 47.7 Å². The average molecular weight is 1040 g/mol. The first-order valence-electron chi connectivity index (χ1n) is 18.7. The van der Waals surface area contributed by atoms with E-state index >= 15 is 0 Å². The quantitative estimate of drug-likeness (QED) is 0.156. The van der Waals surface area contributed by atoms with Crippen LogP contribution in [0.4, 0.5) is 9.18 Å². The second kappa shape index (κ2) is 19.4. The van der Waals surface area contributed by atoms with Gasteiger partial charge in [-0.15, -0.1) is 0 Å². The molecule has 4 fully saturated rings. The van der Waals surface area contributed by atoms with Gasteiger partial charge in [-0.25, -0.2) is 14.3 Å². The third kappa shape index (κ3) is 11.1. The van der Waals surface area contributed by atoms with E-state index in [9.17, 15) is 28.4 Å². The maximum Gasteiger partial charge on any atom is 0.408 e. The van der Waals surface area contributed by atoms with Gasteiger partial charge in [0.05, 0.1) is 40.9 Å². The van der Waals surface area contributed by atoms with Crippen LogP contribution in [-0.2, 0) is 25.5 Å². The van der Waals surface area contributed by atoms with E-state index < -0.39 is 34.6 Å². The van der Waals surface area contributed by atoms with Gasteiger partial charge in [-0.05, 0) is 76.5 Å². The van der Waals surface area contributed by atoms with Gasteiger partial charge < -0.3 is 34.3 Å². The summed E-state index contributed by atoms with van der Waals surface area (Å²) in [5.74, 6) is -1.42. The number of carbonyl (C=O) groups is 3. The van der Waals surface area contributed by atoms with E-state index in [1.54, 1.807) is 56.2 Å². The summed E-state index contributed by atoms with van der Waals surface area (Å²) in [7, 11) is 0. The molecule has 3 aliphatic heterocycles. The summed E-state index contributed by atoms with van der Waals surface area (Å²) < 4.78 is 26.6. The summed E-state index contributed by atoms with van der Waals surface area (Å²) >= 11 is 3.53. The molecular formula is C40H54FFmN6O7S-. The fourth-order valence-corrected chi connectivity index (χ4v) is 7.06. The topological polar surface area (TPSA) is 154 Å². The number of ether oxygens (including phenoxy) is 2. The summed E-state index contributed by atoms with van der Waals surface area (Å²) in [6, 6.07) is 11.4. The zero-order chi connectivity index (χ0) is 40.4. The van der Waals surface area contributed by atoms with Crippen molar-refractivity contribution >= 4 is 47.7 Å². The van der Waals surface area contributed by atoms with Crippen LogP contribution in [-0.4, -0.2) is 118 Å². The monoisotopic (exact) mass is 1040 g/mol. The number of nitrogens with one attached hydrogen (secondary N) is 2. The van der Waals surface area contributed by atoms with Crippen LogP contribution >= 0.6 is 12.6 Å². The predicted octanol–water partition coefficient (Wildman–Crippen LogP) is 4.88. The van der Waals surface area contributed by atoms with Crippen molar-refractivity contribution in [3.05, 3.63) is 75.5 Å². The van der Waals surface area contributed by atoms with Crippen molar-refractivity contribution in [1.29, 1.82) is 0 Å². The Morgan fingerprint density at radius 1 is 1.02 bits per heavy atom. The molecule has 1 saturated carbocycles. The minimum Gasteiger partial charge on any atom is -0.520 e. The second-order valence-electron chi connectivity index (χ2n) is 15.2. The summed E-state index contributed by atoms with van der Waals surface area (Å²) in [4.78, 5) is 67.6. The van der Waals surface area contributed by atoms with Crippen LogP contribution in [0.25, 0.3) is 10.8 Å². The maximum absolute atomic E-state index is 14.9. The Morgan fingerprint density at radius 2 is 1.62 bits per heavy atom. The van der Waals surface area contributed by atoms with Crippen molar-refractivity contribution in [1.82, 2.24) is 30.2 Å². The summed E-state index contributed by atoms with van der Waals surface area (Å²) in [6.07, 6.45) is 7.15. The molecule has 4 aliphatic rings. The Bertz CT molecular complexity index is 1860. The molecule has 312 valence electrons. The molecule has 1 aliphatic carbocycles. The van der Waals surface area contributed by atoms with Gasteiger partial charge in [-0.1, -0.05) is 44.5 Å². The molecular weight excluding hydrogens is 985 g/mol. The fourth-order valence-electron chi connectivity index (χ4n) is 7.06. The van der Waals surface area contributed by atoms with Gasteiger partial charge in [-0.3, -0.25) is 14.4 Å². The second-order valence-corrected chi connectivity index (χ2v) is 15.2. The van der Waals surface area contributed by atoms with Crippen molar-refractivity contribution in [2.24, 2.45) is 0 Å². The maximum atomic E-state index is 14.9. The molecule has 3 saturated heterocycles. The molecule has 1 aromatic heterocycles. The number of hydrogen-bond donors (Lipinski definition) is 3. The zero-order valence-electron chi connectivity index (χ0n) is 33.0. The fraction of sp³-hybridized carbons (Fsp3) is 0.550. The normalized spacial score (nSPS) is 20.0. The van der Waals surface area contributed by atoms with Crippen LogP contribution in [0, 0.1) is 5.82 Å². The van der Waals surface area contributed by atoms with E-state index in [1.165, 1.54) is 28.4 Å².